The molecule has 1 rings (SSSR count). The second-order valence-corrected chi connectivity index (χ2v) is 5.26. The highest BCUT2D eigenvalue weighted by molar-refractivity contribution is 5.86. The molecule has 110 valence electrons. The van der Waals surface area contributed by atoms with E-state index in [0.29, 0.717) is 13.1 Å². The minimum Gasteiger partial charge on any atom is -0.479 e. The summed E-state index contributed by atoms with van der Waals surface area (Å²) in [5.74, 6) is -1.09. The largest absolute Gasteiger partial charge is 0.479 e. The van der Waals surface area contributed by atoms with Gasteiger partial charge in [-0.2, -0.15) is 0 Å². The van der Waals surface area contributed by atoms with Gasteiger partial charge in [-0.25, -0.2) is 9.59 Å². The highest BCUT2D eigenvalue weighted by atomic mass is 16.5. The molecule has 0 aromatic heterocycles. The number of nitrogens with one attached hydrogen (secondary N) is 1. The summed E-state index contributed by atoms with van der Waals surface area (Å²) in [6, 6.07) is -0.316. The second-order valence-electron chi connectivity index (χ2n) is 5.26. The summed E-state index contributed by atoms with van der Waals surface area (Å²) in [5.41, 5.74) is -1.38. The van der Waals surface area contributed by atoms with Crippen LogP contribution in [0.15, 0.2) is 0 Å². The first-order valence-corrected chi connectivity index (χ1v) is 6.79. The van der Waals surface area contributed by atoms with Gasteiger partial charge in [-0.05, 0) is 19.8 Å². The number of carbonyl (C=O) groups excluding carboxylic acids is 1. The van der Waals surface area contributed by atoms with E-state index in [0.717, 1.165) is 25.7 Å². The number of carbonyl (C=O) groups is 2. The molecule has 0 bridgehead atoms. The van der Waals surface area contributed by atoms with Crippen LogP contribution >= 0.6 is 0 Å². The van der Waals surface area contributed by atoms with E-state index in [1.54, 1.807) is 4.90 Å². The van der Waals surface area contributed by atoms with Gasteiger partial charge in [0.25, 0.3) is 0 Å². The van der Waals surface area contributed by atoms with Crippen LogP contribution in [-0.2, 0) is 9.53 Å². The van der Waals surface area contributed by atoms with Crippen LogP contribution < -0.4 is 5.32 Å². The number of nitrogens with zero attached hydrogens (tertiary/aromatic N) is 1. The van der Waals surface area contributed by atoms with Crippen LogP contribution in [0.1, 0.15) is 39.0 Å². The standard InChI is InChI=1S/C13H24N2O4/c1-13(10-19-2,11(16)17)14-12(18)15-8-6-4-3-5-7-9-15/h3-10H2,1-2H3,(H,14,18)(H,16,17). The van der Waals surface area contributed by atoms with Crippen LogP contribution in [0, 0.1) is 0 Å². The predicted octanol–water partition coefficient (Wildman–Crippen LogP) is 1.45. The van der Waals surface area contributed by atoms with Gasteiger partial charge in [0.05, 0.1) is 6.61 Å². The highest BCUT2D eigenvalue weighted by Crippen LogP contribution is 2.12. The molecule has 2 amide bonds. The smallest absolute Gasteiger partial charge is 0.331 e. The number of carboxylic acid groups (broad SMARTS) is 1. The van der Waals surface area contributed by atoms with Crippen molar-refractivity contribution in [1.29, 1.82) is 0 Å². The number of likely N-dealkylation sites (tertiary alicyclic amines) is 1. The SMILES string of the molecule is COCC(C)(NC(=O)N1CCCCCCC1)C(=O)O. The van der Waals surface area contributed by atoms with E-state index in [9.17, 15) is 14.7 Å². The minimum atomic E-state index is -1.38. The van der Waals surface area contributed by atoms with Gasteiger partial charge in [-0.15, -0.1) is 0 Å². The third kappa shape index (κ3) is 4.70. The quantitative estimate of drug-likeness (QED) is 0.812. The van der Waals surface area contributed by atoms with E-state index in [1.165, 1.54) is 20.5 Å². The van der Waals surface area contributed by atoms with Crippen molar-refractivity contribution < 1.29 is 19.4 Å². The van der Waals surface area contributed by atoms with Crippen molar-refractivity contribution in [2.45, 2.75) is 44.6 Å². The average molecular weight is 272 g/mol. The first-order valence-electron chi connectivity index (χ1n) is 6.79. The summed E-state index contributed by atoms with van der Waals surface area (Å²) >= 11 is 0. The maximum absolute atomic E-state index is 12.2. The Labute approximate surface area is 114 Å². The zero-order chi connectivity index (χ0) is 14.3. The Morgan fingerprint density at radius 2 is 1.74 bits per heavy atom. The number of aliphatic carboxylic acids is 1. The number of amides is 2. The van der Waals surface area contributed by atoms with E-state index >= 15 is 0 Å². The van der Waals surface area contributed by atoms with Gasteiger partial charge in [0.15, 0.2) is 5.54 Å². The second kappa shape index (κ2) is 7.33. The molecule has 6 heteroatoms. The lowest BCUT2D eigenvalue weighted by Gasteiger charge is -2.31. The Balaban J connectivity index is 2.61. The summed E-state index contributed by atoms with van der Waals surface area (Å²) < 4.78 is 4.89. The van der Waals surface area contributed by atoms with Crippen LogP contribution in [0.3, 0.4) is 0 Å². The summed E-state index contributed by atoms with van der Waals surface area (Å²) in [7, 11) is 1.42. The fourth-order valence-electron chi connectivity index (χ4n) is 2.21. The number of ether oxygens (including phenoxy) is 1. The van der Waals surface area contributed by atoms with Crippen molar-refractivity contribution in [1.82, 2.24) is 10.2 Å². The minimum absolute atomic E-state index is 0.0537. The molecule has 0 aliphatic carbocycles. The fourth-order valence-corrected chi connectivity index (χ4v) is 2.21. The Morgan fingerprint density at radius 1 is 1.21 bits per heavy atom. The molecule has 0 aromatic rings. The van der Waals surface area contributed by atoms with Gasteiger partial charge in [-0.1, -0.05) is 19.3 Å². The maximum Gasteiger partial charge on any atom is 0.331 e. The van der Waals surface area contributed by atoms with E-state index in [4.69, 9.17) is 4.74 Å². The molecule has 1 unspecified atom stereocenters. The number of methoxy groups -OCH3 is 1. The first kappa shape index (κ1) is 15.8. The van der Waals surface area contributed by atoms with Gasteiger partial charge >= 0.3 is 12.0 Å². The monoisotopic (exact) mass is 272 g/mol. The number of carboxylic acids is 1. The number of rotatable bonds is 4. The molecule has 1 saturated heterocycles. The summed E-state index contributed by atoms with van der Waals surface area (Å²) in [5, 5.41) is 11.8. The molecule has 1 aliphatic rings. The van der Waals surface area contributed by atoms with Crippen molar-refractivity contribution in [3.8, 4) is 0 Å². The van der Waals surface area contributed by atoms with Crippen molar-refractivity contribution in [3.63, 3.8) is 0 Å². The average Bonchev–Trinajstić information content (AvgIpc) is 2.27. The lowest BCUT2D eigenvalue weighted by molar-refractivity contribution is -0.145. The van der Waals surface area contributed by atoms with Crippen LogP contribution in [0.25, 0.3) is 0 Å². The Morgan fingerprint density at radius 3 is 2.21 bits per heavy atom. The zero-order valence-corrected chi connectivity index (χ0v) is 11.8. The van der Waals surface area contributed by atoms with E-state index < -0.39 is 11.5 Å². The van der Waals surface area contributed by atoms with Crippen molar-refractivity contribution in [2.75, 3.05) is 26.8 Å². The third-order valence-corrected chi connectivity index (χ3v) is 3.43. The number of hydrogen-bond acceptors (Lipinski definition) is 3. The molecule has 1 fully saturated rings. The van der Waals surface area contributed by atoms with Crippen molar-refractivity contribution in [2.24, 2.45) is 0 Å². The van der Waals surface area contributed by atoms with E-state index in [1.807, 2.05) is 0 Å². The lowest BCUT2D eigenvalue weighted by atomic mass is 10.0. The predicted molar refractivity (Wildman–Crippen MR) is 71.1 cm³/mol. The van der Waals surface area contributed by atoms with Crippen LogP contribution in [-0.4, -0.2) is 54.4 Å². The van der Waals surface area contributed by atoms with E-state index in [2.05, 4.69) is 5.32 Å². The molecule has 0 spiro atoms. The molecule has 1 aliphatic heterocycles. The number of hydrogen-bond donors (Lipinski definition) is 2. The fraction of sp³-hybridized carbons (Fsp3) is 0.846. The molecule has 0 aromatic carbocycles. The molecule has 0 radical (unpaired) electrons. The summed E-state index contributed by atoms with van der Waals surface area (Å²) in [6.07, 6.45) is 5.41. The Kier molecular flexibility index (Phi) is 6.08. The third-order valence-electron chi connectivity index (χ3n) is 3.43. The van der Waals surface area contributed by atoms with Crippen molar-refractivity contribution >= 4 is 12.0 Å². The van der Waals surface area contributed by atoms with E-state index in [-0.39, 0.29) is 12.6 Å². The van der Waals surface area contributed by atoms with Gasteiger partial charge in [0, 0.05) is 20.2 Å². The molecule has 19 heavy (non-hydrogen) atoms. The van der Waals surface area contributed by atoms with Crippen LogP contribution in [0.4, 0.5) is 4.79 Å². The van der Waals surface area contributed by atoms with Gasteiger partial charge in [0.2, 0.25) is 0 Å². The van der Waals surface area contributed by atoms with Gasteiger partial charge in [-0.3, -0.25) is 0 Å². The zero-order valence-electron chi connectivity index (χ0n) is 11.8. The van der Waals surface area contributed by atoms with Crippen LogP contribution in [0.2, 0.25) is 0 Å². The number of urea groups is 1. The molecule has 1 atom stereocenters. The van der Waals surface area contributed by atoms with Crippen LogP contribution in [0.5, 0.6) is 0 Å². The topological polar surface area (TPSA) is 78.9 Å². The Bertz CT molecular complexity index is 314. The molecule has 0 saturated carbocycles. The van der Waals surface area contributed by atoms with Gasteiger partial charge < -0.3 is 20.1 Å². The summed E-state index contributed by atoms with van der Waals surface area (Å²) in [4.78, 5) is 25.1. The normalized spacial score (nSPS) is 20.0. The lowest BCUT2D eigenvalue weighted by Crippen LogP contribution is -2.58. The molecule has 2 N–H and O–H groups in total. The maximum atomic E-state index is 12.2. The first-order chi connectivity index (χ1) is 8.99. The molecule has 6 nitrogen and oxygen atoms in total. The molecular formula is C13H24N2O4. The van der Waals surface area contributed by atoms with Crippen molar-refractivity contribution in [3.05, 3.63) is 0 Å². The molecule has 1 heterocycles. The summed E-state index contributed by atoms with van der Waals surface area (Å²) in [6.45, 7) is 2.78. The Hall–Kier alpha value is -1.30. The highest BCUT2D eigenvalue weighted by Gasteiger charge is 2.36. The van der Waals surface area contributed by atoms with Gasteiger partial charge in [0.1, 0.15) is 0 Å². The molecular weight excluding hydrogens is 248 g/mol.